The summed E-state index contributed by atoms with van der Waals surface area (Å²) in [4.78, 5) is 33.6. The monoisotopic (exact) mass is 477 g/mol. The van der Waals surface area contributed by atoms with Crippen LogP contribution < -0.4 is 10.9 Å². The number of benzene rings is 2. The standard InChI is InChI=1S/C26H24ClN3O2S/c1-16-11-12-18(14-20(16)27)28-23(31)15-30-22(13-17-7-3-2-4-8-17)29-25-24(26(30)32)19-9-5-6-10-21(19)33-25/h2-4,7-8,11-12,14H,5-6,9-10,13,15H2,1H3,(H,28,31). The molecule has 0 bridgehead atoms. The van der Waals surface area contributed by atoms with E-state index in [1.807, 2.05) is 49.4 Å². The lowest BCUT2D eigenvalue weighted by Crippen LogP contribution is -2.31. The predicted octanol–water partition coefficient (Wildman–Crippen LogP) is 5.53. The Balaban J connectivity index is 1.55. The highest BCUT2D eigenvalue weighted by atomic mass is 35.5. The van der Waals surface area contributed by atoms with E-state index in [9.17, 15) is 9.59 Å². The van der Waals surface area contributed by atoms with Gasteiger partial charge in [0.15, 0.2) is 0 Å². The summed E-state index contributed by atoms with van der Waals surface area (Å²) < 4.78 is 1.54. The van der Waals surface area contributed by atoms with Crippen LogP contribution in [0.4, 0.5) is 5.69 Å². The molecule has 0 saturated heterocycles. The molecule has 1 aliphatic carbocycles. The number of aryl methyl sites for hydroxylation is 3. The van der Waals surface area contributed by atoms with Crippen LogP contribution in [0.25, 0.3) is 10.2 Å². The van der Waals surface area contributed by atoms with Crippen molar-refractivity contribution in [3.63, 3.8) is 0 Å². The van der Waals surface area contributed by atoms with Gasteiger partial charge in [0, 0.05) is 22.0 Å². The minimum atomic E-state index is -0.281. The van der Waals surface area contributed by atoms with E-state index in [1.165, 1.54) is 4.88 Å². The van der Waals surface area contributed by atoms with E-state index in [1.54, 1.807) is 22.0 Å². The van der Waals surface area contributed by atoms with Gasteiger partial charge in [-0.25, -0.2) is 4.98 Å². The van der Waals surface area contributed by atoms with Crippen LogP contribution >= 0.6 is 22.9 Å². The number of hydrogen-bond acceptors (Lipinski definition) is 4. The third kappa shape index (κ3) is 4.45. The molecule has 2 aromatic carbocycles. The quantitative estimate of drug-likeness (QED) is 0.411. The number of carbonyl (C=O) groups excluding carboxylic acids is 1. The van der Waals surface area contributed by atoms with Gasteiger partial charge in [-0.05, 0) is 61.4 Å². The second kappa shape index (κ2) is 9.12. The number of thiophene rings is 1. The number of carbonyl (C=O) groups is 1. The summed E-state index contributed by atoms with van der Waals surface area (Å²) in [6, 6.07) is 15.3. The Morgan fingerprint density at radius 1 is 1.15 bits per heavy atom. The third-order valence-electron chi connectivity index (χ3n) is 6.12. The Kier molecular flexibility index (Phi) is 6.04. The zero-order valence-corrected chi connectivity index (χ0v) is 19.9. The summed E-state index contributed by atoms with van der Waals surface area (Å²) in [5.41, 5.74) is 3.60. The average Bonchev–Trinajstić information content (AvgIpc) is 3.18. The highest BCUT2D eigenvalue weighted by Crippen LogP contribution is 2.34. The van der Waals surface area contributed by atoms with Crippen molar-refractivity contribution >= 4 is 44.7 Å². The van der Waals surface area contributed by atoms with Crippen molar-refractivity contribution in [1.29, 1.82) is 0 Å². The predicted molar refractivity (Wildman–Crippen MR) is 135 cm³/mol. The molecule has 0 radical (unpaired) electrons. The molecule has 4 aromatic rings. The minimum Gasteiger partial charge on any atom is -0.324 e. The van der Waals surface area contributed by atoms with Gasteiger partial charge in [0.05, 0.1) is 5.39 Å². The van der Waals surface area contributed by atoms with Crippen LogP contribution in [0.2, 0.25) is 5.02 Å². The lowest BCUT2D eigenvalue weighted by Gasteiger charge is -2.14. The van der Waals surface area contributed by atoms with Gasteiger partial charge >= 0.3 is 0 Å². The molecule has 5 rings (SSSR count). The molecule has 0 fully saturated rings. The Morgan fingerprint density at radius 2 is 1.94 bits per heavy atom. The maximum absolute atomic E-state index is 13.7. The van der Waals surface area contributed by atoms with Gasteiger partial charge in [0.2, 0.25) is 5.91 Å². The summed E-state index contributed by atoms with van der Waals surface area (Å²) in [7, 11) is 0. The second-order valence-corrected chi connectivity index (χ2v) is 9.98. The van der Waals surface area contributed by atoms with E-state index in [0.717, 1.165) is 47.2 Å². The summed E-state index contributed by atoms with van der Waals surface area (Å²) in [5.74, 6) is 0.325. The van der Waals surface area contributed by atoms with Gasteiger partial charge in [-0.3, -0.25) is 14.2 Å². The van der Waals surface area contributed by atoms with E-state index in [4.69, 9.17) is 16.6 Å². The first-order valence-corrected chi connectivity index (χ1v) is 12.3. The molecule has 1 amide bonds. The number of fused-ring (bicyclic) bond motifs is 3. The van der Waals surface area contributed by atoms with E-state index < -0.39 is 0 Å². The van der Waals surface area contributed by atoms with Crippen LogP contribution in [0.5, 0.6) is 0 Å². The van der Waals surface area contributed by atoms with E-state index in [0.29, 0.717) is 28.3 Å². The Labute approximate surface area is 201 Å². The van der Waals surface area contributed by atoms with Crippen LogP contribution in [-0.2, 0) is 30.6 Å². The van der Waals surface area contributed by atoms with Gasteiger partial charge < -0.3 is 5.32 Å². The molecule has 2 heterocycles. The summed E-state index contributed by atoms with van der Waals surface area (Å²) >= 11 is 7.84. The lowest BCUT2D eigenvalue weighted by atomic mass is 9.97. The van der Waals surface area contributed by atoms with Crippen molar-refractivity contribution in [2.45, 2.75) is 45.6 Å². The van der Waals surface area contributed by atoms with Crippen molar-refractivity contribution in [3.8, 4) is 0 Å². The SMILES string of the molecule is Cc1ccc(NC(=O)Cn2c(Cc3ccccc3)nc3sc4c(c3c2=O)CCCC4)cc1Cl. The van der Waals surface area contributed by atoms with Gasteiger partial charge in [-0.1, -0.05) is 48.0 Å². The third-order valence-corrected chi connectivity index (χ3v) is 7.71. The van der Waals surface area contributed by atoms with Crippen LogP contribution in [-0.4, -0.2) is 15.5 Å². The highest BCUT2D eigenvalue weighted by molar-refractivity contribution is 7.18. The lowest BCUT2D eigenvalue weighted by molar-refractivity contribution is -0.116. The maximum atomic E-state index is 13.7. The molecular weight excluding hydrogens is 454 g/mol. The van der Waals surface area contributed by atoms with Crippen molar-refractivity contribution in [3.05, 3.63) is 91.3 Å². The molecule has 0 saturated carbocycles. The molecule has 168 valence electrons. The van der Waals surface area contributed by atoms with Crippen LogP contribution in [0, 0.1) is 6.92 Å². The summed E-state index contributed by atoms with van der Waals surface area (Å²) in [6.07, 6.45) is 4.61. The maximum Gasteiger partial charge on any atom is 0.263 e. The van der Waals surface area contributed by atoms with Gasteiger partial charge in [0.25, 0.3) is 5.56 Å². The normalized spacial score (nSPS) is 13.2. The molecule has 5 nitrogen and oxygen atoms in total. The molecule has 7 heteroatoms. The molecule has 2 aromatic heterocycles. The van der Waals surface area contributed by atoms with Crippen LogP contribution in [0.1, 0.15) is 40.2 Å². The first-order valence-electron chi connectivity index (χ1n) is 11.1. The summed E-state index contributed by atoms with van der Waals surface area (Å²) in [5, 5.41) is 4.15. The molecular formula is C26H24ClN3O2S. The molecule has 0 atom stereocenters. The highest BCUT2D eigenvalue weighted by Gasteiger charge is 2.23. The number of rotatable bonds is 5. The van der Waals surface area contributed by atoms with E-state index in [-0.39, 0.29) is 18.0 Å². The second-order valence-electron chi connectivity index (χ2n) is 8.48. The minimum absolute atomic E-state index is 0.0972. The van der Waals surface area contributed by atoms with Crippen LogP contribution in [0.3, 0.4) is 0 Å². The topological polar surface area (TPSA) is 64.0 Å². The number of halogens is 1. The number of nitrogens with one attached hydrogen (secondary N) is 1. The van der Waals surface area contributed by atoms with Gasteiger partial charge in [-0.15, -0.1) is 11.3 Å². The smallest absolute Gasteiger partial charge is 0.263 e. The Morgan fingerprint density at radius 3 is 2.73 bits per heavy atom. The fourth-order valence-electron chi connectivity index (χ4n) is 4.37. The Bertz CT molecular complexity index is 1410. The molecule has 0 unspecified atom stereocenters. The number of hydrogen-bond donors (Lipinski definition) is 1. The zero-order chi connectivity index (χ0) is 22.9. The first-order chi connectivity index (χ1) is 16.0. The zero-order valence-electron chi connectivity index (χ0n) is 18.4. The number of anilines is 1. The van der Waals surface area contributed by atoms with E-state index in [2.05, 4.69) is 5.32 Å². The molecule has 0 aliphatic heterocycles. The fraction of sp³-hybridized carbons (Fsp3) is 0.269. The summed E-state index contributed by atoms with van der Waals surface area (Å²) in [6.45, 7) is 1.81. The molecule has 1 aliphatic rings. The van der Waals surface area contributed by atoms with E-state index >= 15 is 0 Å². The molecule has 33 heavy (non-hydrogen) atoms. The van der Waals surface area contributed by atoms with Crippen molar-refractivity contribution in [2.75, 3.05) is 5.32 Å². The largest absolute Gasteiger partial charge is 0.324 e. The van der Waals surface area contributed by atoms with Crippen molar-refractivity contribution in [2.24, 2.45) is 0 Å². The van der Waals surface area contributed by atoms with Gasteiger partial charge in [0.1, 0.15) is 17.2 Å². The molecule has 1 N–H and O–H groups in total. The number of nitrogens with zero attached hydrogens (tertiary/aromatic N) is 2. The number of amides is 1. The Hall–Kier alpha value is -2.96. The van der Waals surface area contributed by atoms with Crippen LogP contribution in [0.15, 0.2) is 53.3 Å². The van der Waals surface area contributed by atoms with Gasteiger partial charge in [-0.2, -0.15) is 0 Å². The van der Waals surface area contributed by atoms with Crippen molar-refractivity contribution < 1.29 is 4.79 Å². The number of aromatic nitrogens is 2. The average molecular weight is 478 g/mol. The van der Waals surface area contributed by atoms with Crippen molar-refractivity contribution in [1.82, 2.24) is 9.55 Å². The molecule has 0 spiro atoms. The fourth-order valence-corrected chi connectivity index (χ4v) is 5.82. The first kappa shape index (κ1) is 21.9.